The molecule has 0 bridgehead atoms. The van der Waals surface area contributed by atoms with E-state index in [1.54, 1.807) is 0 Å². The van der Waals surface area contributed by atoms with E-state index < -0.39 is 0 Å². The zero-order valence-corrected chi connectivity index (χ0v) is 11.3. The molecule has 1 saturated carbocycles. The van der Waals surface area contributed by atoms with Crippen molar-refractivity contribution in [1.82, 2.24) is 4.90 Å². The quantitative estimate of drug-likeness (QED) is 0.737. The molecule has 0 aromatic carbocycles. The van der Waals surface area contributed by atoms with E-state index in [1.807, 2.05) is 0 Å². The number of rotatable bonds is 5. The zero-order chi connectivity index (χ0) is 12.8. The third-order valence-corrected chi connectivity index (χ3v) is 3.96. The minimum Gasteiger partial charge on any atom is -0.468 e. The van der Waals surface area contributed by atoms with Crippen molar-refractivity contribution in [2.45, 2.75) is 39.2 Å². The molecule has 3 atom stereocenters. The number of methoxy groups -OCH3 is 1. The molecule has 1 aliphatic rings. The van der Waals surface area contributed by atoms with Gasteiger partial charge < -0.3 is 10.5 Å². The van der Waals surface area contributed by atoms with Gasteiger partial charge >= 0.3 is 5.97 Å². The first-order valence-electron chi connectivity index (χ1n) is 6.63. The molecule has 0 spiro atoms. The van der Waals surface area contributed by atoms with Crippen LogP contribution in [0.2, 0.25) is 0 Å². The van der Waals surface area contributed by atoms with Crippen LogP contribution in [0.3, 0.4) is 0 Å². The highest BCUT2D eigenvalue weighted by molar-refractivity contribution is 5.71. The van der Waals surface area contributed by atoms with Gasteiger partial charge in [0.2, 0.25) is 0 Å². The fourth-order valence-electron chi connectivity index (χ4n) is 2.83. The van der Waals surface area contributed by atoms with E-state index >= 15 is 0 Å². The van der Waals surface area contributed by atoms with Gasteiger partial charge in [0.1, 0.15) is 0 Å². The summed E-state index contributed by atoms with van der Waals surface area (Å²) in [5.41, 5.74) is 5.85. The van der Waals surface area contributed by atoms with Gasteiger partial charge in [-0.15, -0.1) is 0 Å². The van der Waals surface area contributed by atoms with Gasteiger partial charge in [-0.2, -0.15) is 0 Å². The van der Waals surface area contributed by atoms with Crippen LogP contribution in [0.1, 0.15) is 33.1 Å². The Morgan fingerprint density at radius 1 is 1.47 bits per heavy atom. The number of carbonyl (C=O) groups is 1. The summed E-state index contributed by atoms with van der Waals surface area (Å²) in [6.45, 7) is 6.36. The van der Waals surface area contributed by atoms with Crippen molar-refractivity contribution in [2.24, 2.45) is 17.6 Å². The van der Waals surface area contributed by atoms with Crippen LogP contribution in [0.4, 0.5) is 0 Å². The SMILES string of the molecule is CCN(CC(=O)OC)C1CC(C)CCC1CN. The summed E-state index contributed by atoms with van der Waals surface area (Å²) in [6, 6.07) is 0.438. The summed E-state index contributed by atoms with van der Waals surface area (Å²) in [5, 5.41) is 0. The van der Waals surface area contributed by atoms with E-state index in [0.29, 0.717) is 18.5 Å². The lowest BCUT2D eigenvalue weighted by atomic mass is 9.78. The third kappa shape index (κ3) is 3.96. The number of nitrogens with two attached hydrogens (primary N) is 1. The van der Waals surface area contributed by atoms with Crippen LogP contribution in [0.5, 0.6) is 0 Å². The van der Waals surface area contributed by atoms with Crippen LogP contribution < -0.4 is 5.73 Å². The number of hydrogen-bond acceptors (Lipinski definition) is 4. The summed E-state index contributed by atoms with van der Waals surface area (Å²) < 4.78 is 4.76. The minimum absolute atomic E-state index is 0.152. The standard InChI is InChI=1S/C13H26N2O2/c1-4-15(9-13(16)17-3)12-7-10(2)5-6-11(12)8-14/h10-12H,4-9,14H2,1-3H3. The van der Waals surface area contributed by atoms with E-state index in [2.05, 4.69) is 18.7 Å². The average molecular weight is 242 g/mol. The van der Waals surface area contributed by atoms with Gasteiger partial charge in [0.15, 0.2) is 0 Å². The van der Waals surface area contributed by atoms with Gasteiger partial charge in [0.25, 0.3) is 0 Å². The Hall–Kier alpha value is -0.610. The van der Waals surface area contributed by atoms with Crippen LogP contribution in [-0.4, -0.2) is 43.7 Å². The Morgan fingerprint density at radius 3 is 2.71 bits per heavy atom. The molecule has 100 valence electrons. The summed E-state index contributed by atoms with van der Waals surface area (Å²) in [7, 11) is 1.44. The second kappa shape index (κ2) is 6.97. The molecule has 3 unspecified atom stereocenters. The van der Waals surface area contributed by atoms with Gasteiger partial charge in [0, 0.05) is 6.04 Å². The van der Waals surface area contributed by atoms with Crippen LogP contribution in [-0.2, 0) is 9.53 Å². The number of esters is 1. The number of nitrogens with zero attached hydrogens (tertiary/aromatic N) is 1. The topological polar surface area (TPSA) is 55.6 Å². The minimum atomic E-state index is -0.152. The van der Waals surface area contributed by atoms with Crippen LogP contribution in [0, 0.1) is 11.8 Å². The second-order valence-electron chi connectivity index (χ2n) is 5.12. The highest BCUT2D eigenvalue weighted by atomic mass is 16.5. The Labute approximate surface area is 104 Å². The van der Waals surface area contributed by atoms with Gasteiger partial charge in [-0.05, 0) is 37.8 Å². The molecule has 0 aromatic rings. The van der Waals surface area contributed by atoms with Crippen molar-refractivity contribution < 1.29 is 9.53 Å². The third-order valence-electron chi connectivity index (χ3n) is 3.96. The maximum absolute atomic E-state index is 11.4. The fraction of sp³-hybridized carbons (Fsp3) is 0.923. The molecule has 0 heterocycles. The number of likely N-dealkylation sites (N-methyl/N-ethyl adjacent to an activating group) is 1. The summed E-state index contributed by atoms with van der Waals surface area (Å²) >= 11 is 0. The molecule has 1 rings (SSSR count). The Kier molecular flexibility index (Phi) is 5.92. The lowest BCUT2D eigenvalue weighted by Gasteiger charge is -2.41. The van der Waals surface area contributed by atoms with E-state index in [9.17, 15) is 4.79 Å². The molecule has 4 heteroatoms. The second-order valence-corrected chi connectivity index (χ2v) is 5.12. The van der Waals surface area contributed by atoms with Crippen molar-refractivity contribution in [2.75, 3.05) is 26.7 Å². The van der Waals surface area contributed by atoms with Gasteiger partial charge in [0.05, 0.1) is 13.7 Å². The first kappa shape index (κ1) is 14.5. The lowest BCUT2D eigenvalue weighted by Crippen LogP contribution is -2.48. The van der Waals surface area contributed by atoms with Crippen LogP contribution in [0.25, 0.3) is 0 Å². The summed E-state index contributed by atoms with van der Waals surface area (Å²) in [6.07, 6.45) is 3.58. The highest BCUT2D eigenvalue weighted by Gasteiger charge is 2.32. The highest BCUT2D eigenvalue weighted by Crippen LogP contribution is 2.31. The molecule has 0 aliphatic heterocycles. The largest absolute Gasteiger partial charge is 0.468 e. The molecule has 1 fully saturated rings. The molecule has 0 saturated heterocycles. The molecule has 0 amide bonds. The molecule has 2 N–H and O–H groups in total. The Balaban J connectivity index is 2.65. The maximum Gasteiger partial charge on any atom is 0.319 e. The van der Waals surface area contributed by atoms with Gasteiger partial charge in [-0.25, -0.2) is 0 Å². The van der Waals surface area contributed by atoms with Crippen molar-refractivity contribution in [3.05, 3.63) is 0 Å². The first-order valence-corrected chi connectivity index (χ1v) is 6.63. The maximum atomic E-state index is 11.4. The summed E-state index contributed by atoms with van der Waals surface area (Å²) in [5.74, 6) is 1.10. The average Bonchev–Trinajstić information content (AvgIpc) is 2.35. The van der Waals surface area contributed by atoms with E-state index in [4.69, 9.17) is 10.5 Å². The van der Waals surface area contributed by atoms with E-state index in [1.165, 1.54) is 20.0 Å². The van der Waals surface area contributed by atoms with E-state index in [-0.39, 0.29) is 5.97 Å². The number of carbonyl (C=O) groups excluding carboxylic acids is 1. The van der Waals surface area contributed by atoms with Crippen molar-refractivity contribution in [3.63, 3.8) is 0 Å². The molecule has 0 aromatic heterocycles. The molecule has 1 aliphatic carbocycles. The molecule has 17 heavy (non-hydrogen) atoms. The van der Waals surface area contributed by atoms with Crippen molar-refractivity contribution >= 4 is 5.97 Å². The molecular formula is C13H26N2O2. The lowest BCUT2D eigenvalue weighted by molar-refractivity contribution is -0.143. The Morgan fingerprint density at radius 2 is 2.18 bits per heavy atom. The zero-order valence-electron chi connectivity index (χ0n) is 11.3. The molecule has 4 nitrogen and oxygen atoms in total. The predicted molar refractivity (Wildman–Crippen MR) is 68.6 cm³/mol. The fourth-order valence-corrected chi connectivity index (χ4v) is 2.83. The van der Waals surface area contributed by atoms with Gasteiger partial charge in [-0.3, -0.25) is 9.69 Å². The van der Waals surface area contributed by atoms with Crippen LogP contribution >= 0.6 is 0 Å². The number of ether oxygens (including phenoxy) is 1. The monoisotopic (exact) mass is 242 g/mol. The summed E-state index contributed by atoms with van der Waals surface area (Å²) in [4.78, 5) is 13.6. The number of hydrogen-bond donors (Lipinski definition) is 1. The predicted octanol–water partition coefficient (Wildman–Crippen LogP) is 1.24. The van der Waals surface area contributed by atoms with E-state index in [0.717, 1.165) is 25.4 Å². The van der Waals surface area contributed by atoms with Gasteiger partial charge in [-0.1, -0.05) is 20.3 Å². The molecular weight excluding hydrogens is 216 g/mol. The van der Waals surface area contributed by atoms with Crippen molar-refractivity contribution in [3.8, 4) is 0 Å². The van der Waals surface area contributed by atoms with Crippen LogP contribution in [0.15, 0.2) is 0 Å². The molecule has 0 radical (unpaired) electrons. The Bertz CT molecular complexity index is 246. The smallest absolute Gasteiger partial charge is 0.319 e. The normalized spacial score (nSPS) is 29.4. The first-order chi connectivity index (χ1) is 8.12. The van der Waals surface area contributed by atoms with Crippen molar-refractivity contribution in [1.29, 1.82) is 0 Å².